The molecule has 6 aromatic rings. The van der Waals surface area contributed by atoms with Gasteiger partial charge in [-0.2, -0.15) is 0 Å². The number of fused-ring (bicyclic) bond motifs is 1. The van der Waals surface area contributed by atoms with E-state index in [1.54, 1.807) is 61.7 Å². The maximum atomic E-state index is 13.8. The molecule has 3 N–H and O–H groups in total. The third-order valence-electron chi connectivity index (χ3n) is 7.56. The Labute approximate surface area is 303 Å². The zero-order chi connectivity index (χ0) is 35.6. The fourth-order valence-corrected chi connectivity index (χ4v) is 7.10. The van der Waals surface area contributed by atoms with Crippen molar-refractivity contribution in [3.05, 3.63) is 150 Å². The Morgan fingerprint density at radius 3 is 2.35 bits per heavy atom. The van der Waals surface area contributed by atoms with Crippen molar-refractivity contribution >= 4 is 67.9 Å². The maximum absolute atomic E-state index is 13.8. The molecule has 0 bridgehead atoms. The molecule has 0 aliphatic carbocycles. The molecule has 256 valence electrons. The van der Waals surface area contributed by atoms with Crippen LogP contribution in [0.2, 0.25) is 0 Å². The van der Waals surface area contributed by atoms with Crippen LogP contribution in [-0.2, 0) is 9.59 Å². The smallest absolute Gasteiger partial charge is 0.272 e. The average Bonchev–Trinajstić information content (AvgIpc) is 3.56. The van der Waals surface area contributed by atoms with Gasteiger partial charge in [0.25, 0.3) is 11.8 Å². The third kappa shape index (κ3) is 9.01. The number of thioether (sulfide) groups is 1. The number of methoxy groups -OCH3 is 1. The quantitative estimate of drug-likeness (QED) is 0.0810. The normalized spacial score (nSPS) is 11.8. The second-order valence-electron chi connectivity index (χ2n) is 11.1. The van der Waals surface area contributed by atoms with Crippen LogP contribution in [0.25, 0.3) is 16.3 Å². The second-order valence-corrected chi connectivity index (χ2v) is 13.3. The van der Waals surface area contributed by atoms with E-state index in [4.69, 9.17) is 9.47 Å². The Morgan fingerprint density at radius 2 is 1.59 bits per heavy atom. The highest BCUT2D eigenvalue weighted by atomic mass is 32.2. The van der Waals surface area contributed by atoms with Crippen molar-refractivity contribution < 1.29 is 23.9 Å². The number of ether oxygens (including phenoxy) is 2. The molecular formula is C40H34N4O5S2. The molecule has 0 radical (unpaired) electrons. The van der Waals surface area contributed by atoms with Crippen molar-refractivity contribution in [3.8, 4) is 11.5 Å². The first-order valence-corrected chi connectivity index (χ1v) is 17.8. The number of aromatic nitrogens is 1. The number of hydrogen-bond donors (Lipinski definition) is 3. The Bertz CT molecular complexity index is 2190. The van der Waals surface area contributed by atoms with Gasteiger partial charge in [0.2, 0.25) is 5.91 Å². The van der Waals surface area contributed by atoms with Gasteiger partial charge in [-0.1, -0.05) is 84.1 Å². The van der Waals surface area contributed by atoms with Gasteiger partial charge < -0.3 is 25.4 Å². The molecule has 5 aromatic carbocycles. The van der Waals surface area contributed by atoms with Crippen LogP contribution in [-0.4, -0.2) is 36.4 Å². The summed E-state index contributed by atoms with van der Waals surface area (Å²) in [5.74, 6) is 0.0869. The van der Waals surface area contributed by atoms with Crippen LogP contribution >= 0.6 is 23.1 Å². The summed E-state index contributed by atoms with van der Waals surface area (Å²) in [6.07, 6.45) is 1.59. The predicted octanol–water partition coefficient (Wildman–Crippen LogP) is 8.59. The highest BCUT2D eigenvalue weighted by Gasteiger charge is 2.24. The molecule has 0 saturated heterocycles. The Kier molecular flexibility index (Phi) is 11.4. The summed E-state index contributed by atoms with van der Waals surface area (Å²) in [6, 6.07) is 38.2. The molecule has 0 aliphatic heterocycles. The second kappa shape index (κ2) is 16.7. The van der Waals surface area contributed by atoms with Crippen LogP contribution in [0.5, 0.6) is 11.5 Å². The van der Waals surface area contributed by atoms with Gasteiger partial charge in [-0.15, -0.1) is 11.8 Å². The van der Waals surface area contributed by atoms with E-state index in [-0.39, 0.29) is 11.6 Å². The molecule has 0 saturated carbocycles. The highest BCUT2D eigenvalue weighted by molar-refractivity contribution is 8.00. The van der Waals surface area contributed by atoms with Crippen molar-refractivity contribution in [2.75, 3.05) is 24.4 Å². The van der Waals surface area contributed by atoms with Crippen molar-refractivity contribution in [1.82, 2.24) is 10.3 Å². The number of carbonyl (C=O) groups is 3. The summed E-state index contributed by atoms with van der Waals surface area (Å²) in [4.78, 5) is 46.1. The van der Waals surface area contributed by atoms with Crippen LogP contribution in [0.4, 0.5) is 10.8 Å². The molecule has 3 amide bonds. The van der Waals surface area contributed by atoms with Gasteiger partial charge in [-0.05, 0) is 73.2 Å². The molecule has 51 heavy (non-hydrogen) atoms. The lowest BCUT2D eigenvalue weighted by molar-refractivity contribution is -0.116. The van der Waals surface area contributed by atoms with Gasteiger partial charge in [0.1, 0.15) is 22.4 Å². The molecule has 0 aliphatic rings. The monoisotopic (exact) mass is 714 g/mol. The number of benzene rings is 5. The van der Waals surface area contributed by atoms with Gasteiger partial charge in [0.15, 0.2) is 5.13 Å². The number of anilines is 2. The summed E-state index contributed by atoms with van der Waals surface area (Å²) in [5.41, 5.74) is 3.12. The number of carbonyl (C=O) groups excluding carboxylic acids is 3. The number of thiazole rings is 1. The number of para-hydroxylation sites is 1. The van der Waals surface area contributed by atoms with Crippen LogP contribution in [0.1, 0.15) is 33.7 Å². The number of hydrogen-bond acceptors (Lipinski definition) is 8. The Balaban J connectivity index is 1.24. The van der Waals surface area contributed by atoms with E-state index < -0.39 is 17.1 Å². The minimum absolute atomic E-state index is 0.0315. The van der Waals surface area contributed by atoms with Crippen molar-refractivity contribution in [2.45, 2.75) is 17.1 Å². The summed E-state index contributed by atoms with van der Waals surface area (Å²) in [7, 11) is 1.61. The van der Waals surface area contributed by atoms with Crippen LogP contribution < -0.4 is 25.4 Å². The van der Waals surface area contributed by atoms with E-state index in [1.165, 1.54) is 23.1 Å². The number of nitrogens with one attached hydrogen (secondary N) is 3. The van der Waals surface area contributed by atoms with Gasteiger partial charge in [-0.3, -0.25) is 14.4 Å². The molecule has 9 nitrogen and oxygen atoms in total. The largest absolute Gasteiger partial charge is 0.497 e. The van der Waals surface area contributed by atoms with E-state index in [0.29, 0.717) is 40.1 Å². The van der Waals surface area contributed by atoms with E-state index >= 15 is 0 Å². The Hall–Kier alpha value is -5.91. The number of amides is 3. The molecule has 1 heterocycles. The molecule has 0 fully saturated rings. The lowest BCUT2D eigenvalue weighted by Crippen LogP contribution is -2.30. The predicted molar refractivity (Wildman–Crippen MR) is 204 cm³/mol. The first-order valence-electron chi connectivity index (χ1n) is 16.1. The SMILES string of the molecule is CCOc1ccccc1/C=C(/NC(=O)c1ccccc1)C(=O)Nc1cccc(SC(C(=O)Nc2nc3ccc(OC)cc3s2)c2ccccc2)c1. The molecule has 1 aromatic heterocycles. The van der Waals surface area contributed by atoms with Crippen LogP contribution in [0.3, 0.4) is 0 Å². The zero-order valence-electron chi connectivity index (χ0n) is 27.8. The molecule has 1 unspecified atom stereocenters. The molecule has 11 heteroatoms. The highest BCUT2D eigenvalue weighted by Crippen LogP contribution is 2.38. The molecule has 1 atom stereocenters. The third-order valence-corrected chi connectivity index (χ3v) is 9.74. The van der Waals surface area contributed by atoms with E-state index in [2.05, 4.69) is 20.9 Å². The molecule has 6 rings (SSSR count). The van der Waals surface area contributed by atoms with Gasteiger partial charge >= 0.3 is 0 Å². The molecular weight excluding hydrogens is 681 g/mol. The minimum atomic E-state index is -0.630. The zero-order valence-corrected chi connectivity index (χ0v) is 29.4. The van der Waals surface area contributed by atoms with Gasteiger partial charge in [-0.25, -0.2) is 4.98 Å². The van der Waals surface area contributed by atoms with E-state index in [9.17, 15) is 14.4 Å². The lowest BCUT2D eigenvalue weighted by Gasteiger charge is -2.17. The van der Waals surface area contributed by atoms with Crippen molar-refractivity contribution in [1.29, 1.82) is 0 Å². The van der Waals surface area contributed by atoms with Crippen molar-refractivity contribution in [3.63, 3.8) is 0 Å². The van der Waals surface area contributed by atoms with E-state index in [0.717, 1.165) is 20.7 Å². The van der Waals surface area contributed by atoms with Crippen molar-refractivity contribution in [2.24, 2.45) is 0 Å². The summed E-state index contributed by atoms with van der Waals surface area (Å²) >= 11 is 2.71. The van der Waals surface area contributed by atoms with E-state index in [1.807, 2.05) is 85.8 Å². The number of nitrogens with zero attached hydrogens (tertiary/aromatic N) is 1. The lowest BCUT2D eigenvalue weighted by atomic mass is 10.1. The Morgan fingerprint density at radius 1 is 0.843 bits per heavy atom. The fraction of sp³-hybridized carbons (Fsp3) is 0.100. The average molecular weight is 715 g/mol. The summed E-state index contributed by atoms with van der Waals surface area (Å²) < 4.78 is 12.0. The maximum Gasteiger partial charge on any atom is 0.272 e. The fourth-order valence-electron chi connectivity index (χ4n) is 5.12. The standard InChI is InChI=1S/C40H34N4O5S2/c1-3-49-34-20-11-10-17-28(34)23-33(42-37(45)27-15-8-5-9-16-27)38(46)41-29-18-12-19-31(24-29)50-36(26-13-6-4-7-14-26)39(47)44-40-43-32-22-21-30(48-2)25-35(32)51-40/h4-25,36H,3H2,1-2H3,(H,41,46)(H,42,45)(H,43,44,47)/b33-23+. The first kappa shape index (κ1) is 34.9. The summed E-state index contributed by atoms with van der Waals surface area (Å²) in [6.45, 7) is 2.31. The topological polar surface area (TPSA) is 119 Å². The van der Waals surface area contributed by atoms with Crippen LogP contribution in [0, 0.1) is 0 Å². The van der Waals surface area contributed by atoms with Gasteiger partial charge in [0, 0.05) is 21.7 Å². The summed E-state index contributed by atoms with van der Waals surface area (Å²) in [5, 5.41) is 8.55. The number of rotatable bonds is 13. The minimum Gasteiger partial charge on any atom is -0.497 e. The molecule has 0 spiro atoms. The van der Waals surface area contributed by atoms with Crippen LogP contribution in [0.15, 0.2) is 138 Å². The first-order chi connectivity index (χ1) is 24.9. The van der Waals surface area contributed by atoms with Gasteiger partial charge in [0.05, 0.1) is 23.9 Å².